The number of rotatable bonds is 3. The fourth-order valence-corrected chi connectivity index (χ4v) is 3.21. The number of amides is 1. The zero-order valence-corrected chi connectivity index (χ0v) is 12.8. The smallest absolute Gasteiger partial charge is 0.339 e. The van der Waals surface area contributed by atoms with Crippen molar-refractivity contribution in [3.8, 4) is 5.75 Å². The van der Waals surface area contributed by atoms with Crippen LogP contribution in [0.2, 0.25) is 0 Å². The monoisotopic (exact) mass is 317 g/mol. The number of carbonyl (C=O) groups is 1. The van der Waals surface area contributed by atoms with Gasteiger partial charge in [-0.3, -0.25) is 4.79 Å². The van der Waals surface area contributed by atoms with Gasteiger partial charge in [0.25, 0.3) is 0 Å². The third-order valence-corrected chi connectivity index (χ3v) is 4.75. The van der Waals surface area contributed by atoms with Crippen LogP contribution in [0, 0.1) is 6.92 Å². The largest absolute Gasteiger partial charge is 0.379 e. The fraction of sp³-hybridized carbons (Fsp3) is 0.188. The first-order valence-corrected chi connectivity index (χ1v) is 8.29. The van der Waals surface area contributed by atoms with Crippen LogP contribution in [-0.2, 0) is 21.3 Å². The Labute approximate surface area is 129 Å². The minimum atomic E-state index is -3.85. The van der Waals surface area contributed by atoms with Crippen LogP contribution in [0.25, 0.3) is 0 Å². The van der Waals surface area contributed by atoms with Gasteiger partial charge in [-0.05, 0) is 49.2 Å². The summed E-state index contributed by atoms with van der Waals surface area (Å²) < 4.78 is 29.7. The van der Waals surface area contributed by atoms with Crippen molar-refractivity contribution in [3.05, 3.63) is 53.6 Å². The minimum Gasteiger partial charge on any atom is -0.379 e. The van der Waals surface area contributed by atoms with Crippen LogP contribution in [0.4, 0.5) is 5.69 Å². The fourth-order valence-electron chi connectivity index (χ4n) is 2.29. The highest BCUT2D eigenvalue weighted by atomic mass is 32.2. The highest BCUT2D eigenvalue weighted by Crippen LogP contribution is 2.28. The van der Waals surface area contributed by atoms with Crippen molar-refractivity contribution in [2.45, 2.75) is 24.7 Å². The van der Waals surface area contributed by atoms with Gasteiger partial charge in [0.1, 0.15) is 10.6 Å². The summed E-state index contributed by atoms with van der Waals surface area (Å²) in [6.45, 7) is 1.88. The maximum Gasteiger partial charge on any atom is 0.339 e. The van der Waals surface area contributed by atoms with Crippen molar-refractivity contribution in [1.82, 2.24) is 0 Å². The van der Waals surface area contributed by atoms with E-state index in [-0.39, 0.29) is 16.6 Å². The summed E-state index contributed by atoms with van der Waals surface area (Å²) in [7, 11) is -3.85. The molecule has 0 atom stereocenters. The summed E-state index contributed by atoms with van der Waals surface area (Å²) in [5.41, 5.74) is 2.55. The summed E-state index contributed by atoms with van der Waals surface area (Å²) in [5.74, 6) is 0.212. The van der Waals surface area contributed by atoms with Crippen LogP contribution >= 0.6 is 0 Å². The Morgan fingerprint density at radius 3 is 2.50 bits per heavy atom. The number of nitrogens with one attached hydrogen (secondary N) is 1. The zero-order valence-electron chi connectivity index (χ0n) is 12.0. The summed E-state index contributed by atoms with van der Waals surface area (Å²) in [6, 6.07) is 11.3. The number of aryl methyl sites for hydroxylation is 2. The first kappa shape index (κ1) is 14.6. The molecule has 6 heteroatoms. The quantitative estimate of drug-likeness (QED) is 0.883. The molecule has 1 amide bonds. The van der Waals surface area contributed by atoms with E-state index in [2.05, 4.69) is 5.32 Å². The van der Waals surface area contributed by atoms with E-state index in [0.717, 1.165) is 11.1 Å². The van der Waals surface area contributed by atoms with E-state index >= 15 is 0 Å². The first-order chi connectivity index (χ1) is 10.4. The van der Waals surface area contributed by atoms with Gasteiger partial charge in [0.05, 0.1) is 0 Å². The average Bonchev–Trinajstić information content (AvgIpc) is 2.47. The molecule has 0 fully saturated rings. The van der Waals surface area contributed by atoms with Crippen LogP contribution in [0.3, 0.4) is 0 Å². The number of hydrogen-bond acceptors (Lipinski definition) is 4. The topological polar surface area (TPSA) is 72.5 Å². The molecule has 1 N–H and O–H groups in total. The second-order valence-corrected chi connectivity index (χ2v) is 6.76. The molecular formula is C16H15NO4S. The molecule has 2 aromatic carbocycles. The average molecular weight is 317 g/mol. The van der Waals surface area contributed by atoms with E-state index < -0.39 is 10.1 Å². The summed E-state index contributed by atoms with van der Waals surface area (Å²) in [6.07, 6.45) is 0.962. The maximum atomic E-state index is 12.2. The molecule has 1 heterocycles. The van der Waals surface area contributed by atoms with Gasteiger partial charge in [-0.15, -0.1) is 0 Å². The van der Waals surface area contributed by atoms with E-state index in [0.29, 0.717) is 18.5 Å². The molecule has 0 bridgehead atoms. The molecule has 1 aliphatic rings. The van der Waals surface area contributed by atoms with Gasteiger partial charge >= 0.3 is 10.1 Å². The number of carbonyl (C=O) groups excluding carboxylic acids is 1. The van der Waals surface area contributed by atoms with Gasteiger partial charge in [0, 0.05) is 12.1 Å². The second kappa shape index (κ2) is 5.46. The molecule has 114 valence electrons. The van der Waals surface area contributed by atoms with Crippen LogP contribution in [0.15, 0.2) is 47.4 Å². The van der Waals surface area contributed by atoms with Crippen LogP contribution in [0.5, 0.6) is 5.75 Å². The predicted molar refractivity (Wildman–Crippen MR) is 82.4 cm³/mol. The van der Waals surface area contributed by atoms with Crippen molar-refractivity contribution in [3.63, 3.8) is 0 Å². The van der Waals surface area contributed by atoms with Crippen molar-refractivity contribution in [2.75, 3.05) is 5.32 Å². The highest BCUT2D eigenvalue weighted by Gasteiger charge is 2.19. The zero-order chi connectivity index (χ0) is 15.7. The van der Waals surface area contributed by atoms with Crippen LogP contribution in [0.1, 0.15) is 17.5 Å². The molecule has 0 aromatic heterocycles. The van der Waals surface area contributed by atoms with Gasteiger partial charge in [0.2, 0.25) is 5.91 Å². The molecule has 0 unspecified atom stereocenters. The molecule has 0 saturated carbocycles. The third-order valence-electron chi connectivity index (χ3n) is 3.49. The van der Waals surface area contributed by atoms with Crippen molar-refractivity contribution in [1.29, 1.82) is 0 Å². The Bertz CT molecular complexity index is 826. The number of benzene rings is 2. The number of fused-ring (bicyclic) bond motifs is 1. The summed E-state index contributed by atoms with van der Waals surface area (Å²) >= 11 is 0. The van der Waals surface area contributed by atoms with Crippen molar-refractivity contribution in [2.24, 2.45) is 0 Å². The molecule has 0 spiro atoms. The molecule has 5 nitrogen and oxygen atoms in total. The molecule has 1 aliphatic heterocycles. The Balaban J connectivity index is 1.86. The molecule has 0 radical (unpaired) electrons. The van der Waals surface area contributed by atoms with E-state index in [1.807, 2.05) is 6.92 Å². The molecule has 2 aromatic rings. The maximum absolute atomic E-state index is 12.2. The lowest BCUT2D eigenvalue weighted by atomic mass is 10.0. The van der Waals surface area contributed by atoms with Gasteiger partial charge in [-0.2, -0.15) is 8.42 Å². The van der Waals surface area contributed by atoms with E-state index in [9.17, 15) is 13.2 Å². The second-order valence-electron chi connectivity index (χ2n) is 5.22. The Morgan fingerprint density at radius 2 is 1.77 bits per heavy atom. The molecule has 3 rings (SSSR count). The Kier molecular flexibility index (Phi) is 3.62. The van der Waals surface area contributed by atoms with E-state index in [1.54, 1.807) is 24.3 Å². The van der Waals surface area contributed by atoms with Gasteiger partial charge in [0.15, 0.2) is 0 Å². The number of anilines is 1. The van der Waals surface area contributed by atoms with Gasteiger partial charge in [-0.1, -0.05) is 17.7 Å². The van der Waals surface area contributed by atoms with Gasteiger partial charge in [-0.25, -0.2) is 0 Å². The van der Waals surface area contributed by atoms with Crippen molar-refractivity contribution >= 4 is 21.7 Å². The van der Waals surface area contributed by atoms with Crippen LogP contribution in [-0.4, -0.2) is 14.3 Å². The lowest BCUT2D eigenvalue weighted by molar-refractivity contribution is -0.116. The number of hydrogen-bond donors (Lipinski definition) is 1. The molecule has 0 aliphatic carbocycles. The predicted octanol–water partition coefficient (Wildman–Crippen LogP) is 2.65. The standard InChI is InChI=1S/C16H15NO4S/c1-11-2-6-14(7-3-11)22(19,20)21-13-5-8-15-12(10-13)4-9-16(18)17-15/h2-3,5-8,10H,4,9H2,1H3,(H,17,18). The highest BCUT2D eigenvalue weighted by molar-refractivity contribution is 7.87. The van der Waals surface area contributed by atoms with Crippen molar-refractivity contribution < 1.29 is 17.4 Å². The SMILES string of the molecule is Cc1ccc(S(=O)(=O)Oc2ccc3c(c2)CCC(=O)N3)cc1. The summed E-state index contributed by atoms with van der Waals surface area (Å²) in [4.78, 5) is 11.4. The molecule has 0 saturated heterocycles. The first-order valence-electron chi connectivity index (χ1n) is 6.88. The Hall–Kier alpha value is -2.34. The third kappa shape index (κ3) is 2.96. The minimum absolute atomic E-state index is 0.0338. The molecule has 22 heavy (non-hydrogen) atoms. The van der Waals surface area contributed by atoms with E-state index in [4.69, 9.17) is 4.18 Å². The van der Waals surface area contributed by atoms with Crippen LogP contribution < -0.4 is 9.50 Å². The normalized spacial score (nSPS) is 14.1. The van der Waals surface area contributed by atoms with Gasteiger partial charge < -0.3 is 9.50 Å². The lowest BCUT2D eigenvalue weighted by Gasteiger charge is -2.17. The molecular weight excluding hydrogens is 302 g/mol. The lowest BCUT2D eigenvalue weighted by Crippen LogP contribution is -2.19. The Morgan fingerprint density at radius 1 is 1.05 bits per heavy atom. The van der Waals surface area contributed by atoms with E-state index in [1.165, 1.54) is 18.2 Å². The summed E-state index contributed by atoms with van der Waals surface area (Å²) in [5, 5.41) is 2.74.